The van der Waals surface area contributed by atoms with E-state index in [1.807, 2.05) is 11.8 Å². The van der Waals surface area contributed by atoms with E-state index >= 15 is 0 Å². The molecule has 0 unspecified atom stereocenters. The third kappa shape index (κ3) is 4.16. The number of amides is 1. The van der Waals surface area contributed by atoms with E-state index in [1.54, 1.807) is 0 Å². The molecule has 0 aromatic carbocycles. The number of rotatable bonds is 4. The minimum absolute atomic E-state index is 0.132. The molecule has 0 aliphatic carbocycles. The largest absolute Gasteiger partial charge is 0.379 e. The molecule has 1 atom stereocenters. The summed E-state index contributed by atoms with van der Waals surface area (Å²) in [6, 6.07) is -0.309. The molecule has 5 heteroatoms. The van der Waals surface area contributed by atoms with Crippen LogP contribution in [0.4, 0.5) is 0 Å². The highest BCUT2D eigenvalue weighted by atomic mass is 16.5. The van der Waals surface area contributed by atoms with Crippen molar-refractivity contribution in [3.05, 3.63) is 0 Å². The van der Waals surface area contributed by atoms with Crippen LogP contribution in [0.3, 0.4) is 0 Å². The Bertz CT molecular complexity index is 284. The molecule has 2 N–H and O–H groups in total. The van der Waals surface area contributed by atoms with E-state index in [1.165, 1.54) is 0 Å². The number of nitrogens with two attached hydrogens (primary N) is 1. The van der Waals surface area contributed by atoms with E-state index in [0.29, 0.717) is 0 Å². The van der Waals surface area contributed by atoms with Gasteiger partial charge in [-0.1, -0.05) is 6.92 Å². The topological polar surface area (TPSA) is 58.8 Å². The van der Waals surface area contributed by atoms with Gasteiger partial charge < -0.3 is 15.4 Å². The fraction of sp³-hybridized carbons (Fsp3) is 0.929. The second-order valence-corrected chi connectivity index (χ2v) is 5.70. The van der Waals surface area contributed by atoms with Crippen LogP contribution in [0.1, 0.15) is 26.2 Å². The number of ether oxygens (including phenoxy) is 1. The quantitative estimate of drug-likeness (QED) is 0.797. The Morgan fingerprint density at radius 3 is 2.47 bits per heavy atom. The van der Waals surface area contributed by atoms with Crippen LogP contribution in [0.15, 0.2) is 0 Å². The number of morpholine rings is 1. The molecule has 2 heterocycles. The molecule has 0 spiro atoms. The van der Waals surface area contributed by atoms with Crippen molar-refractivity contribution in [1.29, 1.82) is 0 Å². The van der Waals surface area contributed by atoms with E-state index in [9.17, 15) is 4.79 Å². The summed E-state index contributed by atoms with van der Waals surface area (Å²) in [6.45, 7) is 8.72. The smallest absolute Gasteiger partial charge is 0.239 e. The summed E-state index contributed by atoms with van der Waals surface area (Å²) in [4.78, 5) is 16.4. The van der Waals surface area contributed by atoms with Crippen molar-refractivity contribution in [2.75, 3.05) is 45.9 Å². The number of piperidine rings is 1. The fourth-order valence-electron chi connectivity index (χ4n) is 2.89. The van der Waals surface area contributed by atoms with E-state index in [0.717, 1.165) is 71.1 Å². The molecule has 110 valence electrons. The van der Waals surface area contributed by atoms with Gasteiger partial charge in [-0.3, -0.25) is 9.69 Å². The van der Waals surface area contributed by atoms with Crippen molar-refractivity contribution < 1.29 is 9.53 Å². The monoisotopic (exact) mass is 269 g/mol. The zero-order chi connectivity index (χ0) is 13.7. The van der Waals surface area contributed by atoms with E-state index in [2.05, 4.69) is 4.90 Å². The molecule has 2 aliphatic rings. The Labute approximate surface area is 116 Å². The lowest BCUT2D eigenvalue weighted by atomic mass is 9.95. The fourth-order valence-corrected chi connectivity index (χ4v) is 2.89. The van der Waals surface area contributed by atoms with Crippen LogP contribution in [-0.2, 0) is 9.53 Å². The molecule has 2 fully saturated rings. The van der Waals surface area contributed by atoms with Crippen LogP contribution < -0.4 is 5.73 Å². The van der Waals surface area contributed by atoms with Gasteiger partial charge in [0.25, 0.3) is 0 Å². The SMILES string of the molecule is CC[C@H](N)C(=O)N1CCC(CN2CCOCC2)CC1. The Hall–Kier alpha value is -0.650. The van der Waals surface area contributed by atoms with Gasteiger partial charge in [0.05, 0.1) is 19.3 Å². The maximum atomic E-state index is 12.0. The van der Waals surface area contributed by atoms with Gasteiger partial charge in [0.1, 0.15) is 0 Å². The van der Waals surface area contributed by atoms with Crippen molar-refractivity contribution in [3.63, 3.8) is 0 Å². The van der Waals surface area contributed by atoms with Crippen LogP contribution in [0, 0.1) is 5.92 Å². The number of likely N-dealkylation sites (tertiary alicyclic amines) is 1. The molecular formula is C14H27N3O2. The van der Waals surface area contributed by atoms with Gasteiger partial charge in [0.15, 0.2) is 0 Å². The molecule has 2 rings (SSSR count). The third-order valence-electron chi connectivity index (χ3n) is 4.30. The molecule has 0 aromatic heterocycles. The van der Waals surface area contributed by atoms with Crippen molar-refractivity contribution in [2.45, 2.75) is 32.2 Å². The summed E-state index contributed by atoms with van der Waals surface area (Å²) < 4.78 is 5.37. The summed E-state index contributed by atoms with van der Waals surface area (Å²) in [5.41, 5.74) is 5.82. The predicted octanol–water partition coefficient (Wildman–Crippen LogP) is 0.295. The first-order valence-corrected chi connectivity index (χ1v) is 7.55. The molecule has 5 nitrogen and oxygen atoms in total. The Morgan fingerprint density at radius 2 is 1.89 bits per heavy atom. The highest BCUT2D eigenvalue weighted by molar-refractivity contribution is 5.81. The highest BCUT2D eigenvalue weighted by Gasteiger charge is 2.26. The van der Waals surface area contributed by atoms with Gasteiger partial charge in [-0.2, -0.15) is 0 Å². The molecule has 19 heavy (non-hydrogen) atoms. The lowest BCUT2D eigenvalue weighted by Crippen LogP contribution is -2.48. The number of carbonyl (C=O) groups excluding carboxylic acids is 1. The van der Waals surface area contributed by atoms with Crippen molar-refractivity contribution in [3.8, 4) is 0 Å². The summed E-state index contributed by atoms with van der Waals surface area (Å²) >= 11 is 0. The van der Waals surface area contributed by atoms with E-state index < -0.39 is 0 Å². The second kappa shape index (κ2) is 7.22. The van der Waals surface area contributed by atoms with Gasteiger partial charge in [-0.05, 0) is 25.2 Å². The number of hydrogen-bond donors (Lipinski definition) is 1. The zero-order valence-corrected chi connectivity index (χ0v) is 12.0. The zero-order valence-electron chi connectivity index (χ0n) is 12.0. The number of carbonyl (C=O) groups is 1. The summed E-state index contributed by atoms with van der Waals surface area (Å²) in [5.74, 6) is 0.854. The molecule has 2 aliphatic heterocycles. The first-order chi connectivity index (χ1) is 9.20. The normalized spacial score (nSPS) is 24.4. The second-order valence-electron chi connectivity index (χ2n) is 5.70. The van der Waals surface area contributed by atoms with Crippen LogP contribution in [-0.4, -0.2) is 67.7 Å². The van der Waals surface area contributed by atoms with Gasteiger partial charge >= 0.3 is 0 Å². The van der Waals surface area contributed by atoms with Gasteiger partial charge in [0, 0.05) is 32.7 Å². The molecule has 2 saturated heterocycles. The van der Waals surface area contributed by atoms with Gasteiger partial charge in [-0.25, -0.2) is 0 Å². The van der Waals surface area contributed by atoms with Gasteiger partial charge in [-0.15, -0.1) is 0 Å². The van der Waals surface area contributed by atoms with E-state index in [4.69, 9.17) is 10.5 Å². The van der Waals surface area contributed by atoms with E-state index in [-0.39, 0.29) is 11.9 Å². The molecule has 0 aromatic rings. The van der Waals surface area contributed by atoms with Crippen molar-refractivity contribution in [1.82, 2.24) is 9.80 Å². The van der Waals surface area contributed by atoms with Crippen LogP contribution >= 0.6 is 0 Å². The standard InChI is InChI=1S/C14H27N3O2/c1-2-13(15)14(18)17-5-3-12(4-6-17)11-16-7-9-19-10-8-16/h12-13H,2-11,15H2,1H3/t13-/m0/s1. The lowest BCUT2D eigenvalue weighted by Gasteiger charge is -2.36. The van der Waals surface area contributed by atoms with Crippen LogP contribution in [0.5, 0.6) is 0 Å². The van der Waals surface area contributed by atoms with Gasteiger partial charge in [0.2, 0.25) is 5.91 Å². The minimum Gasteiger partial charge on any atom is -0.379 e. The van der Waals surface area contributed by atoms with Crippen molar-refractivity contribution in [2.24, 2.45) is 11.7 Å². The maximum Gasteiger partial charge on any atom is 0.239 e. The molecule has 0 bridgehead atoms. The van der Waals surface area contributed by atoms with Crippen LogP contribution in [0.25, 0.3) is 0 Å². The minimum atomic E-state index is -0.309. The number of hydrogen-bond acceptors (Lipinski definition) is 4. The third-order valence-corrected chi connectivity index (χ3v) is 4.30. The van der Waals surface area contributed by atoms with Crippen molar-refractivity contribution >= 4 is 5.91 Å². The Kier molecular flexibility index (Phi) is 5.60. The lowest BCUT2D eigenvalue weighted by molar-refractivity contribution is -0.134. The Balaban J connectivity index is 1.71. The molecule has 1 amide bonds. The first kappa shape index (κ1) is 14.8. The summed E-state index contributed by atoms with van der Waals surface area (Å²) in [5, 5.41) is 0. The molecule has 0 saturated carbocycles. The molecular weight excluding hydrogens is 242 g/mol. The summed E-state index contributed by atoms with van der Waals surface area (Å²) in [7, 11) is 0. The average Bonchev–Trinajstić information content (AvgIpc) is 2.47. The Morgan fingerprint density at radius 1 is 1.26 bits per heavy atom. The number of nitrogens with zero attached hydrogens (tertiary/aromatic N) is 2. The predicted molar refractivity (Wildman–Crippen MR) is 74.8 cm³/mol. The van der Waals surface area contributed by atoms with Crippen LogP contribution in [0.2, 0.25) is 0 Å². The first-order valence-electron chi connectivity index (χ1n) is 7.55. The summed E-state index contributed by atoms with van der Waals surface area (Å²) in [6.07, 6.45) is 2.95. The maximum absolute atomic E-state index is 12.0. The highest BCUT2D eigenvalue weighted by Crippen LogP contribution is 2.19. The molecule has 0 radical (unpaired) electrons. The average molecular weight is 269 g/mol.